The number of rotatable bonds is 3. The molecule has 0 spiro atoms. The molecule has 0 radical (unpaired) electrons. The molecule has 0 aliphatic carbocycles. The number of ether oxygens (including phenoxy) is 1. The molecule has 2 aromatic carbocycles. The number of anilines is 1. The van der Waals surface area contributed by atoms with Gasteiger partial charge in [-0.3, -0.25) is 9.71 Å². The molecule has 3 heterocycles. The van der Waals surface area contributed by atoms with E-state index in [0.29, 0.717) is 39.2 Å². The fourth-order valence-electron chi connectivity index (χ4n) is 3.66. The Balaban J connectivity index is 1.51. The first-order valence-corrected chi connectivity index (χ1v) is 11.5. The van der Waals surface area contributed by atoms with Gasteiger partial charge in [-0.25, -0.2) is 18.2 Å². The average Bonchev–Trinajstić information content (AvgIpc) is 3.18. The predicted octanol–water partition coefficient (Wildman–Crippen LogP) is 3.81. The third-order valence-corrected chi connectivity index (χ3v) is 6.77. The topological polar surface area (TPSA) is 98.2 Å². The van der Waals surface area contributed by atoms with Crippen molar-refractivity contribution in [3.05, 3.63) is 94.9 Å². The maximum atomic E-state index is 13.4. The van der Waals surface area contributed by atoms with E-state index in [9.17, 15) is 13.2 Å². The number of hydrogen-bond donors (Lipinski definition) is 1. The van der Waals surface area contributed by atoms with E-state index in [4.69, 9.17) is 4.74 Å². The second-order valence-corrected chi connectivity index (χ2v) is 9.11. The summed E-state index contributed by atoms with van der Waals surface area (Å²) in [6, 6.07) is 15.8. The molecule has 0 fully saturated rings. The van der Waals surface area contributed by atoms with Crippen LogP contribution in [0.4, 0.5) is 5.69 Å². The highest BCUT2D eigenvalue weighted by atomic mass is 32.2. The van der Waals surface area contributed by atoms with E-state index >= 15 is 0 Å². The number of nitrogens with one attached hydrogen (secondary N) is 1. The number of benzene rings is 2. The van der Waals surface area contributed by atoms with Crippen LogP contribution in [0, 0.1) is 18.8 Å². The minimum atomic E-state index is -3.94. The summed E-state index contributed by atoms with van der Waals surface area (Å²) in [5.74, 6) is 5.54. The molecule has 33 heavy (non-hydrogen) atoms. The Labute approximate surface area is 190 Å². The second-order valence-electron chi connectivity index (χ2n) is 7.50. The maximum absolute atomic E-state index is 13.4. The number of para-hydroxylation sites is 1. The summed E-state index contributed by atoms with van der Waals surface area (Å²) < 4.78 is 34.4. The molecule has 0 amide bonds. The van der Waals surface area contributed by atoms with Crippen molar-refractivity contribution in [1.29, 1.82) is 0 Å². The fourth-order valence-corrected chi connectivity index (χ4v) is 5.15. The van der Waals surface area contributed by atoms with E-state index < -0.39 is 16.0 Å². The summed E-state index contributed by atoms with van der Waals surface area (Å²) in [5, 5.41) is 0.739. The van der Waals surface area contributed by atoms with E-state index in [2.05, 4.69) is 26.5 Å². The van der Waals surface area contributed by atoms with Gasteiger partial charge >= 0.3 is 5.97 Å². The third-order valence-electron chi connectivity index (χ3n) is 5.23. The van der Waals surface area contributed by atoms with Gasteiger partial charge in [0.05, 0.1) is 11.2 Å². The molecule has 2 aromatic heterocycles. The number of pyridine rings is 2. The lowest BCUT2D eigenvalue weighted by molar-refractivity contribution is 0.0531. The Morgan fingerprint density at radius 3 is 2.76 bits per heavy atom. The molecule has 1 aliphatic heterocycles. The Morgan fingerprint density at radius 2 is 1.88 bits per heavy atom. The highest BCUT2D eigenvalue weighted by Gasteiger charge is 2.23. The van der Waals surface area contributed by atoms with Gasteiger partial charge < -0.3 is 4.74 Å². The number of esters is 1. The van der Waals surface area contributed by atoms with Crippen molar-refractivity contribution in [3.8, 4) is 11.8 Å². The molecule has 5 rings (SSSR count). The summed E-state index contributed by atoms with van der Waals surface area (Å²) in [4.78, 5) is 20.1. The van der Waals surface area contributed by atoms with Crippen LogP contribution >= 0.6 is 0 Å². The quantitative estimate of drug-likeness (QED) is 0.373. The van der Waals surface area contributed by atoms with Gasteiger partial charge in [-0.05, 0) is 36.8 Å². The molecule has 1 N–H and O–H groups in total. The van der Waals surface area contributed by atoms with Crippen molar-refractivity contribution in [2.75, 3.05) is 4.72 Å². The number of cyclic esters (lactones) is 1. The predicted molar refractivity (Wildman–Crippen MR) is 123 cm³/mol. The number of sulfonamides is 1. The fraction of sp³-hybridized carbons (Fsp3) is 0.0800. The van der Waals surface area contributed by atoms with E-state index in [1.54, 1.807) is 55.6 Å². The summed E-state index contributed by atoms with van der Waals surface area (Å²) >= 11 is 0. The Morgan fingerprint density at radius 1 is 1.03 bits per heavy atom. The maximum Gasteiger partial charge on any atom is 0.357 e. The van der Waals surface area contributed by atoms with Crippen LogP contribution in [-0.4, -0.2) is 24.4 Å². The first-order valence-electron chi connectivity index (χ1n) is 10.1. The summed E-state index contributed by atoms with van der Waals surface area (Å²) in [6.07, 6.45) is 3.07. The zero-order valence-electron chi connectivity index (χ0n) is 17.5. The van der Waals surface area contributed by atoms with Crippen molar-refractivity contribution >= 4 is 32.6 Å². The van der Waals surface area contributed by atoms with Gasteiger partial charge in [0.25, 0.3) is 10.0 Å². The van der Waals surface area contributed by atoms with Crippen LogP contribution in [-0.2, 0) is 21.4 Å². The standard InChI is InChI=1S/C25H17N3O4S/c1-16-8-10-19-6-4-12-26-22(19)24(16)33(30,31)28-21-7-3-2-5-18(21)11-9-17-13-20-15-32-25(29)23(20)27-14-17/h2-8,10,12-14,28H,15H2,1H3. The largest absolute Gasteiger partial charge is 0.456 e. The van der Waals surface area contributed by atoms with Crippen LogP contribution in [0.15, 0.2) is 71.9 Å². The SMILES string of the molecule is Cc1ccc2cccnc2c1S(=O)(=O)Nc1ccccc1C#Cc1cnc2c(c1)COC2=O. The molecule has 7 nitrogen and oxygen atoms in total. The zero-order valence-corrected chi connectivity index (χ0v) is 18.3. The molecule has 162 valence electrons. The van der Waals surface area contributed by atoms with Crippen LogP contribution in [0.5, 0.6) is 0 Å². The first-order chi connectivity index (χ1) is 15.9. The molecule has 0 saturated carbocycles. The first kappa shape index (κ1) is 20.7. The molecule has 0 unspecified atom stereocenters. The number of carbonyl (C=O) groups is 1. The van der Waals surface area contributed by atoms with Crippen LogP contribution in [0.2, 0.25) is 0 Å². The number of nitrogens with zero attached hydrogens (tertiary/aromatic N) is 2. The molecule has 8 heteroatoms. The minimum Gasteiger partial charge on any atom is -0.456 e. The van der Waals surface area contributed by atoms with Crippen LogP contribution in [0.3, 0.4) is 0 Å². The highest BCUT2D eigenvalue weighted by molar-refractivity contribution is 7.93. The lowest BCUT2D eigenvalue weighted by Crippen LogP contribution is -2.16. The summed E-state index contributed by atoms with van der Waals surface area (Å²) in [6.45, 7) is 1.91. The molecule has 0 bridgehead atoms. The molecule has 0 saturated heterocycles. The van der Waals surface area contributed by atoms with E-state index in [1.165, 1.54) is 6.20 Å². The summed E-state index contributed by atoms with van der Waals surface area (Å²) in [7, 11) is -3.94. The number of aromatic nitrogens is 2. The van der Waals surface area contributed by atoms with Crippen LogP contribution < -0.4 is 4.72 Å². The van der Waals surface area contributed by atoms with Gasteiger partial charge in [-0.1, -0.05) is 42.2 Å². The monoisotopic (exact) mass is 455 g/mol. The van der Waals surface area contributed by atoms with Crippen LogP contribution in [0.25, 0.3) is 10.9 Å². The van der Waals surface area contributed by atoms with E-state index in [1.807, 2.05) is 12.1 Å². The normalized spacial score (nSPS) is 12.6. The van der Waals surface area contributed by atoms with Gasteiger partial charge in [0.15, 0.2) is 5.69 Å². The van der Waals surface area contributed by atoms with Gasteiger partial charge in [0.2, 0.25) is 0 Å². The molecule has 4 aromatic rings. The lowest BCUT2D eigenvalue weighted by atomic mass is 10.1. The molecular formula is C25H17N3O4S. The average molecular weight is 455 g/mol. The number of carbonyl (C=O) groups excluding carboxylic acids is 1. The number of hydrogen-bond acceptors (Lipinski definition) is 6. The van der Waals surface area contributed by atoms with E-state index in [0.717, 1.165) is 5.39 Å². The minimum absolute atomic E-state index is 0.135. The van der Waals surface area contributed by atoms with Crippen molar-refractivity contribution in [3.63, 3.8) is 0 Å². The highest BCUT2D eigenvalue weighted by Crippen LogP contribution is 2.27. The van der Waals surface area contributed by atoms with Crippen molar-refractivity contribution in [2.45, 2.75) is 18.4 Å². The Kier molecular flexibility index (Phi) is 5.04. The molecule has 0 atom stereocenters. The Hall–Kier alpha value is -4.22. The Bertz CT molecular complexity index is 1600. The number of fused-ring (bicyclic) bond motifs is 2. The zero-order chi connectivity index (χ0) is 23.0. The van der Waals surface area contributed by atoms with Gasteiger partial charge in [-0.2, -0.15) is 0 Å². The van der Waals surface area contributed by atoms with E-state index in [-0.39, 0.29) is 11.5 Å². The van der Waals surface area contributed by atoms with Gasteiger partial charge in [0, 0.05) is 34.5 Å². The summed E-state index contributed by atoms with van der Waals surface area (Å²) in [5.41, 5.74) is 3.43. The molecular weight excluding hydrogens is 438 g/mol. The lowest BCUT2D eigenvalue weighted by Gasteiger charge is -2.13. The van der Waals surface area contributed by atoms with Crippen molar-refractivity contribution < 1.29 is 17.9 Å². The van der Waals surface area contributed by atoms with Crippen LogP contribution in [0.1, 0.15) is 32.7 Å². The van der Waals surface area contributed by atoms with Gasteiger partial charge in [0.1, 0.15) is 11.5 Å². The number of aryl methyl sites for hydroxylation is 1. The smallest absolute Gasteiger partial charge is 0.357 e. The van der Waals surface area contributed by atoms with Gasteiger partial charge in [-0.15, -0.1) is 0 Å². The van der Waals surface area contributed by atoms with Crippen molar-refractivity contribution in [2.24, 2.45) is 0 Å². The second kappa shape index (κ2) is 8.04. The van der Waals surface area contributed by atoms with Crippen molar-refractivity contribution in [1.82, 2.24) is 9.97 Å². The molecule has 1 aliphatic rings. The third kappa shape index (κ3) is 3.90.